The maximum atomic E-state index is 12.7. The standard InChI is InChI=1S/C11H11F3N6O/c12-11(13,14)10-18-17-8-5-19(1-2-20(8)10)9(21)7-3-6(15)4-16-7/h3-4,16H,1-2,5,15H2. The molecule has 2 aromatic rings. The largest absolute Gasteiger partial charge is 0.451 e. The van der Waals surface area contributed by atoms with Crippen LogP contribution < -0.4 is 5.73 Å². The van der Waals surface area contributed by atoms with Gasteiger partial charge in [-0.05, 0) is 6.07 Å². The van der Waals surface area contributed by atoms with Gasteiger partial charge in [-0.1, -0.05) is 0 Å². The van der Waals surface area contributed by atoms with Gasteiger partial charge >= 0.3 is 6.18 Å². The van der Waals surface area contributed by atoms with Gasteiger partial charge in [0.15, 0.2) is 5.82 Å². The molecular formula is C11H11F3N6O. The number of nitrogens with two attached hydrogens (primary N) is 1. The van der Waals surface area contributed by atoms with Crippen LogP contribution in [0.2, 0.25) is 0 Å². The van der Waals surface area contributed by atoms with E-state index in [4.69, 9.17) is 5.73 Å². The van der Waals surface area contributed by atoms with Gasteiger partial charge < -0.3 is 20.2 Å². The van der Waals surface area contributed by atoms with Gasteiger partial charge in [0, 0.05) is 25.0 Å². The number of aromatic amines is 1. The van der Waals surface area contributed by atoms with E-state index in [1.54, 1.807) is 0 Å². The van der Waals surface area contributed by atoms with Crippen molar-refractivity contribution in [3.05, 3.63) is 29.6 Å². The average molecular weight is 300 g/mol. The number of amides is 1. The first-order valence-corrected chi connectivity index (χ1v) is 6.08. The number of alkyl halides is 3. The first-order valence-electron chi connectivity index (χ1n) is 6.08. The summed E-state index contributed by atoms with van der Waals surface area (Å²) in [4.78, 5) is 16.3. The fourth-order valence-corrected chi connectivity index (χ4v) is 2.25. The summed E-state index contributed by atoms with van der Waals surface area (Å²) < 4.78 is 39.1. The minimum absolute atomic E-state index is 0.000886. The van der Waals surface area contributed by atoms with Crippen molar-refractivity contribution in [2.24, 2.45) is 0 Å². The fourth-order valence-electron chi connectivity index (χ4n) is 2.25. The molecule has 3 rings (SSSR count). The molecule has 0 aromatic carbocycles. The van der Waals surface area contributed by atoms with Crippen LogP contribution in [0.1, 0.15) is 22.1 Å². The minimum Gasteiger partial charge on any atom is -0.397 e. The Morgan fingerprint density at radius 1 is 1.33 bits per heavy atom. The highest BCUT2D eigenvalue weighted by molar-refractivity contribution is 5.93. The highest BCUT2D eigenvalue weighted by Crippen LogP contribution is 2.29. The lowest BCUT2D eigenvalue weighted by atomic mass is 10.3. The first-order chi connectivity index (χ1) is 9.86. The molecule has 0 fully saturated rings. The third-order valence-electron chi connectivity index (χ3n) is 3.23. The summed E-state index contributed by atoms with van der Waals surface area (Å²) in [7, 11) is 0. The van der Waals surface area contributed by atoms with Crippen LogP contribution in [-0.2, 0) is 19.3 Å². The van der Waals surface area contributed by atoms with Crippen molar-refractivity contribution in [1.82, 2.24) is 24.6 Å². The zero-order chi connectivity index (χ0) is 15.2. The smallest absolute Gasteiger partial charge is 0.397 e. The van der Waals surface area contributed by atoms with E-state index < -0.39 is 12.0 Å². The van der Waals surface area contributed by atoms with Crippen LogP contribution in [0, 0.1) is 0 Å². The second kappa shape index (κ2) is 4.50. The summed E-state index contributed by atoms with van der Waals surface area (Å²) in [6.45, 7) is 0.117. The van der Waals surface area contributed by atoms with Gasteiger partial charge in [-0.15, -0.1) is 10.2 Å². The SMILES string of the molecule is Nc1c[nH]c(C(=O)N2CCn3c(nnc3C(F)(F)F)C2)c1. The second-order valence-electron chi connectivity index (χ2n) is 4.66. The number of carbonyl (C=O) groups is 1. The number of nitrogens with one attached hydrogen (secondary N) is 1. The summed E-state index contributed by atoms with van der Waals surface area (Å²) in [6.07, 6.45) is -3.08. The molecule has 0 radical (unpaired) electrons. The van der Waals surface area contributed by atoms with Crippen LogP contribution in [-0.4, -0.2) is 37.1 Å². The van der Waals surface area contributed by atoms with E-state index in [0.717, 1.165) is 4.57 Å². The lowest BCUT2D eigenvalue weighted by Crippen LogP contribution is -2.39. The number of fused-ring (bicyclic) bond motifs is 1. The second-order valence-corrected chi connectivity index (χ2v) is 4.66. The molecule has 3 N–H and O–H groups in total. The van der Waals surface area contributed by atoms with Gasteiger partial charge in [0.25, 0.3) is 5.91 Å². The Hall–Kier alpha value is -2.52. The zero-order valence-corrected chi connectivity index (χ0v) is 10.7. The molecule has 112 valence electrons. The highest BCUT2D eigenvalue weighted by atomic mass is 19.4. The summed E-state index contributed by atoms with van der Waals surface area (Å²) in [5, 5.41) is 6.68. The van der Waals surface area contributed by atoms with E-state index in [2.05, 4.69) is 15.2 Å². The van der Waals surface area contributed by atoms with Crippen LogP contribution in [0.4, 0.5) is 18.9 Å². The topological polar surface area (TPSA) is 92.8 Å². The van der Waals surface area contributed by atoms with Gasteiger partial charge in [0.2, 0.25) is 5.82 Å². The van der Waals surface area contributed by atoms with E-state index >= 15 is 0 Å². The Bertz CT molecular complexity index is 688. The summed E-state index contributed by atoms with van der Waals surface area (Å²) >= 11 is 0. The van der Waals surface area contributed by atoms with Gasteiger partial charge in [0.05, 0.1) is 6.54 Å². The number of halogens is 3. The molecule has 1 aliphatic rings. The Balaban J connectivity index is 1.82. The number of aromatic nitrogens is 4. The average Bonchev–Trinajstić information content (AvgIpc) is 3.02. The van der Waals surface area contributed by atoms with Crippen molar-refractivity contribution >= 4 is 11.6 Å². The van der Waals surface area contributed by atoms with Crippen molar-refractivity contribution in [2.45, 2.75) is 19.3 Å². The summed E-state index contributed by atoms with van der Waals surface area (Å²) in [6, 6.07) is 1.48. The van der Waals surface area contributed by atoms with E-state index in [-0.39, 0.29) is 37.1 Å². The molecule has 2 aromatic heterocycles. The van der Waals surface area contributed by atoms with Crippen molar-refractivity contribution in [3.8, 4) is 0 Å². The number of hydrogen-bond acceptors (Lipinski definition) is 4. The van der Waals surface area contributed by atoms with Gasteiger partial charge in [-0.2, -0.15) is 13.2 Å². The monoisotopic (exact) mass is 300 g/mol. The Morgan fingerprint density at radius 2 is 2.10 bits per heavy atom. The number of H-pyrrole nitrogens is 1. The predicted molar refractivity (Wildman–Crippen MR) is 65.0 cm³/mol. The summed E-state index contributed by atoms with van der Waals surface area (Å²) in [5.41, 5.74) is 6.22. The van der Waals surface area contributed by atoms with E-state index in [9.17, 15) is 18.0 Å². The third-order valence-corrected chi connectivity index (χ3v) is 3.23. The molecule has 1 amide bonds. The van der Waals surface area contributed by atoms with Crippen LogP contribution in [0.25, 0.3) is 0 Å². The molecule has 21 heavy (non-hydrogen) atoms. The Morgan fingerprint density at radius 3 is 2.71 bits per heavy atom. The van der Waals surface area contributed by atoms with Crippen molar-refractivity contribution in [2.75, 3.05) is 12.3 Å². The van der Waals surface area contributed by atoms with Crippen LogP contribution >= 0.6 is 0 Å². The number of anilines is 1. The van der Waals surface area contributed by atoms with Crippen LogP contribution in [0.5, 0.6) is 0 Å². The Kier molecular flexibility index (Phi) is 2.88. The molecule has 0 saturated heterocycles. The maximum absolute atomic E-state index is 12.7. The molecule has 0 saturated carbocycles. The Labute approximate surface area is 116 Å². The third kappa shape index (κ3) is 2.32. The number of nitrogens with zero attached hydrogens (tertiary/aromatic N) is 4. The molecule has 0 atom stereocenters. The lowest BCUT2D eigenvalue weighted by molar-refractivity contribution is -0.147. The number of nitrogen functional groups attached to an aromatic ring is 1. The van der Waals surface area contributed by atoms with Crippen LogP contribution in [0.3, 0.4) is 0 Å². The summed E-state index contributed by atoms with van der Waals surface area (Å²) in [5.74, 6) is -1.26. The van der Waals surface area contributed by atoms with Crippen molar-refractivity contribution in [3.63, 3.8) is 0 Å². The molecule has 7 nitrogen and oxygen atoms in total. The van der Waals surface area contributed by atoms with Gasteiger partial charge in [-0.3, -0.25) is 4.79 Å². The first kappa shape index (κ1) is 13.5. The molecule has 0 unspecified atom stereocenters. The lowest BCUT2D eigenvalue weighted by Gasteiger charge is -2.27. The molecule has 0 aliphatic carbocycles. The molecule has 10 heteroatoms. The molecule has 0 spiro atoms. The van der Waals surface area contributed by atoms with E-state index in [0.29, 0.717) is 5.69 Å². The number of carbonyl (C=O) groups excluding carboxylic acids is 1. The minimum atomic E-state index is -4.55. The van der Waals surface area contributed by atoms with E-state index in [1.165, 1.54) is 17.2 Å². The van der Waals surface area contributed by atoms with Crippen molar-refractivity contribution < 1.29 is 18.0 Å². The van der Waals surface area contributed by atoms with Crippen molar-refractivity contribution in [1.29, 1.82) is 0 Å². The highest BCUT2D eigenvalue weighted by Gasteiger charge is 2.40. The molecule has 0 bridgehead atoms. The van der Waals surface area contributed by atoms with Crippen LogP contribution in [0.15, 0.2) is 12.3 Å². The molecular weight excluding hydrogens is 289 g/mol. The maximum Gasteiger partial charge on any atom is 0.451 e. The normalized spacial score (nSPS) is 15.1. The quantitative estimate of drug-likeness (QED) is 0.817. The molecule has 1 aliphatic heterocycles. The van der Waals surface area contributed by atoms with Gasteiger partial charge in [-0.25, -0.2) is 0 Å². The number of hydrogen-bond donors (Lipinski definition) is 2. The fraction of sp³-hybridized carbons (Fsp3) is 0.364. The zero-order valence-electron chi connectivity index (χ0n) is 10.7. The number of rotatable bonds is 1. The predicted octanol–water partition coefficient (Wildman–Crippen LogP) is 0.863. The van der Waals surface area contributed by atoms with Gasteiger partial charge in [0.1, 0.15) is 5.69 Å². The van der Waals surface area contributed by atoms with E-state index in [1.807, 2.05) is 0 Å². The molecule has 3 heterocycles.